The number of anilines is 1. The number of Topliss-reactive ketones (excluding diaryl/α,β-unsaturated/α-hetero) is 1. The van der Waals surface area contributed by atoms with Crippen molar-refractivity contribution in [1.82, 2.24) is 0 Å². The second-order valence-corrected chi connectivity index (χ2v) is 7.67. The van der Waals surface area contributed by atoms with Gasteiger partial charge in [0.25, 0.3) is 17.4 Å². The molecule has 1 aliphatic rings. The first kappa shape index (κ1) is 21.0. The third kappa shape index (κ3) is 3.54. The third-order valence-corrected chi connectivity index (χ3v) is 5.59. The van der Waals surface area contributed by atoms with E-state index >= 15 is 0 Å². The van der Waals surface area contributed by atoms with Crippen molar-refractivity contribution in [3.63, 3.8) is 0 Å². The largest absolute Gasteiger partial charge is 0.507 e. The van der Waals surface area contributed by atoms with E-state index in [1.807, 2.05) is 50.2 Å². The molecule has 7 heteroatoms. The van der Waals surface area contributed by atoms with Gasteiger partial charge in [-0.25, -0.2) is 0 Å². The third-order valence-electron chi connectivity index (χ3n) is 5.59. The number of rotatable bonds is 4. The summed E-state index contributed by atoms with van der Waals surface area (Å²) in [5.74, 6) is -1.93. The van der Waals surface area contributed by atoms with E-state index < -0.39 is 22.7 Å². The van der Waals surface area contributed by atoms with Crippen LogP contribution in [0.2, 0.25) is 0 Å². The van der Waals surface area contributed by atoms with E-state index in [0.29, 0.717) is 11.3 Å². The number of carbonyl (C=O) groups excluding carboxylic acids is 2. The van der Waals surface area contributed by atoms with Crippen LogP contribution in [-0.2, 0) is 9.59 Å². The molecule has 7 nitrogen and oxygen atoms in total. The molecule has 1 unspecified atom stereocenters. The highest BCUT2D eigenvalue weighted by atomic mass is 16.6. The van der Waals surface area contributed by atoms with Crippen LogP contribution in [0, 0.1) is 24.0 Å². The Kier molecular flexibility index (Phi) is 5.32. The normalized spacial score (nSPS) is 17.6. The van der Waals surface area contributed by atoms with Crippen LogP contribution in [-0.4, -0.2) is 21.7 Å². The highest BCUT2D eigenvalue weighted by Gasteiger charge is 2.47. The molecule has 1 aliphatic heterocycles. The molecular weight excluding hydrogens is 408 g/mol. The number of benzene rings is 3. The lowest BCUT2D eigenvalue weighted by atomic mass is 9.92. The minimum absolute atomic E-state index is 0.0567. The van der Waals surface area contributed by atoms with Gasteiger partial charge in [-0.1, -0.05) is 42.0 Å². The van der Waals surface area contributed by atoms with Gasteiger partial charge in [0, 0.05) is 23.4 Å². The summed E-state index contributed by atoms with van der Waals surface area (Å²) in [6, 6.07) is 18.9. The number of ketones is 1. The maximum absolute atomic E-state index is 13.1. The fourth-order valence-corrected chi connectivity index (χ4v) is 3.89. The van der Waals surface area contributed by atoms with Crippen molar-refractivity contribution < 1.29 is 19.6 Å². The molecule has 32 heavy (non-hydrogen) atoms. The minimum atomic E-state index is -0.839. The average molecular weight is 428 g/mol. The molecule has 3 aromatic rings. The zero-order valence-corrected chi connectivity index (χ0v) is 17.5. The number of nitro groups is 1. The van der Waals surface area contributed by atoms with Crippen molar-refractivity contribution in [2.24, 2.45) is 0 Å². The second kappa shape index (κ2) is 8.11. The van der Waals surface area contributed by atoms with Crippen molar-refractivity contribution in [1.29, 1.82) is 0 Å². The monoisotopic (exact) mass is 428 g/mol. The number of nitrogens with zero attached hydrogens (tertiary/aromatic N) is 2. The van der Waals surface area contributed by atoms with Gasteiger partial charge < -0.3 is 5.11 Å². The summed E-state index contributed by atoms with van der Waals surface area (Å²) < 4.78 is 0. The Morgan fingerprint density at radius 2 is 1.56 bits per heavy atom. The van der Waals surface area contributed by atoms with Gasteiger partial charge in [0.15, 0.2) is 0 Å². The summed E-state index contributed by atoms with van der Waals surface area (Å²) in [6.07, 6.45) is 0. The SMILES string of the molecule is Cc1ccc(N2C(=O)C(=O)/C(=C(/O)c3ccc([N+](=O)[O-])cc3)C2c2ccccc2C)cc1. The molecule has 0 aliphatic carbocycles. The Bertz CT molecular complexity index is 1260. The molecule has 0 radical (unpaired) electrons. The molecule has 3 aromatic carbocycles. The van der Waals surface area contributed by atoms with Gasteiger partial charge in [-0.2, -0.15) is 0 Å². The van der Waals surface area contributed by atoms with Crippen LogP contribution >= 0.6 is 0 Å². The molecule has 1 N–H and O–H groups in total. The molecule has 1 saturated heterocycles. The van der Waals surface area contributed by atoms with Gasteiger partial charge in [0.05, 0.1) is 16.5 Å². The Labute approximate surface area is 184 Å². The smallest absolute Gasteiger partial charge is 0.300 e. The van der Waals surface area contributed by atoms with Crippen molar-refractivity contribution >= 4 is 28.8 Å². The molecule has 0 spiro atoms. The summed E-state index contributed by atoms with van der Waals surface area (Å²) in [6.45, 7) is 3.79. The van der Waals surface area contributed by atoms with Crippen LogP contribution in [0.25, 0.3) is 5.76 Å². The number of hydrogen-bond donors (Lipinski definition) is 1. The van der Waals surface area contributed by atoms with Crippen LogP contribution < -0.4 is 4.90 Å². The molecule has 1 heterocycles. The number of aliphatic hydroxyl groups is 1. The number of aryl methyl sites for hydroxylation is 2. The summed E-state index contributed by atoms with van der Waals surface area (Å²) >= 11 is 0. The van der Waals surface area contributed by atoms with Gasteiger partial charge in [-0.3, -0.25) is 24.6 Å². The van der Waals surface area contributed by atoms with Gasteiger partial charge in [0.2, 0.25) is 0 Å². The van der Waals surface area contributed by atoms with Crippen LogP contribution in [0.1, 0.15) is 28.3 Å². The van der Waals surface area contributed by atoms with Gasteiger partial charge in [-0.15, -0.1) is 0 Å². The summed E-state index contributed by atoms with van der Waals surface area (Å²) in [5, 5.41) is 22.0. The molecule has 160 valence electrons. The number of carbonyl (C=O) groups is 2. The zero-order valence-electron chi connectivity index (χ0n) is 17.5. The second-order valence-electron chi connectivity index (χ2n) is 7.67. The van der Waals surface area contributed by atoms with Crippen LogP contribution in [0.4, 0.5) is 11.4 Å². The molecule has 1 amide bonds. The van der Waals surface area contributed by atoms with Gasteiger partial charge in [0.1, 0.15) is 5.76 Å². The fraction of sp³-hybridized carbons (Fsp3) is 0.120. The first-order chi connectivity index (χ1) is 15.3. The lowest BCUT2D eigenvalue weighted by molar-refractivity contribution is -0.384. The van der Waals surface area contributed by atoms with Crippen LogP contribution in [0.5, 0.6) is 0 Å². The Morgan fingerprint density at radius 3 is 2.16 bits per heavy atom. The topological polar surface area (TPSA) is 101 Å². The first-order valence-corrected chi connectivity index (χ1v) is 9.97. The molecule has 0 aromatic heterocycles. The lowest BCUT2D eigenvalue weighted by Gasteiger charge is -2.26. The highest BCUT2D eigenvalue weighted by Crippen LogP contribution is 2.43. The van der Waals surface area contributed by atoms with E-state index in [9.17, 15) is 24.8 Å². The van der Waals surface area contributed by atoms with Crippen molar-refractivity contribution in [3.8, 4) is 0 Å². The maximum atomic E-state index is 13.1. The van der Waals surface area contributed by atoms with E-state index in [4.69, 9.17) is 0 Å². The van der Waals surface area contributed by atoms with Crippen molar-refractivity contribution in [2.45, 2.75) is 19.9 Å². The Hall–Kier alpha value is -4.26. The van der Waals surface area contributed by atoms with E-state index in [2.05, 4.69) is 0 Å². The zero-order chi connectivity index (χ0) is 23.0. The van der Waals surface area contributed by atoms with Gasteiger partial charge in [-0.05, 0) is 49.2 Å². The number of non-ortho nitro benzene ring substituents is 1. The highest BCUT2D eigenvalue weighted by molar-refractivity contribution is 6.51. The standard InChI is InChI=1S/C25H20N2O5/c1-15-7-11-18(12-8-15)26-22(20-6-4-3-5-16(20)2)21(24(29)25(26)30)23(28)17-9-13-19(14-10-17)27(31)32/h3-14,22,28H,1-2H3/b23-21+. The molecule has 0 saturated carbocycles. The molecule has 1 fully saturated rings. The minimum Gasteiger partial charge on any atom is -0.507 e. The molecule has 0 bridgehead atoms. The van der Waals surface area contributed by atoms with Gasteiger partial charge >= 0.3 is 0 Å². The Balaban J connectivity index is 1.93. The summed E-state index contributed by atoms with van der Waals surface area (Å²) in [4.78, 5) is 38.0. The van der Waals surface area contributed by atoms with E-state index in [-0.39, 0.29) is 22.6 Å². The van der Waals surface area contributed by atoms with Crippen LogP contribution in [0.15, 0.2) is 78.4 Å². The molecular formula is C25H20N2O5. The van der Waals surface area contributed by atoms with Crippen molar-refractivity contribution in [2.75, 3.05) is 4.90 Å². The number of hydrogen-bond acceptors (Lipinski definition) is 5. The molecule has 4 rings (SSSR count). The average Bonchev–Trinajstić information content (AvgIpc) is 3.05. The predicted molar refractivity (Wildman–Crippen MR) is 120 cm³/mol. The molecule has 1 atom stereocenters. The number of nitro benzene ring substituents is 1. The summed E-state index contributed by atoms with van der Waals surface area (Å²) in [5.41, 5.74) is 3.12. The quantitative estimate of drug-likeness (QED) is 0.211. The maximum Gasteiger partial charge on any atom is 0.300 e. The number of amides is 1. The van der Waals surface area contributed by atoms with E-state index in [1.54, 1.807) is 12.1 Å². The lowest BCUT2D eigenvalue weighted by Crippen LogP contribution is -2.29. The number of aliphatic hydroxyl groups excluding tert-OH is 1. The summed E-state index contributed by atoms with van der Waals surface area (Å²) in [7, 11) is 0. The predicted octanol–water partition coefficient (Wildman–Crippen LogP) is 4.84. The Morgan fingerprint density at radius 1 is 0.938 bits per heavy atom. The fourth-order valence-electron chi connectivity index (χ4n) is 3.89. The van der Waals surface area contributed by atoms with E-state index in [1.165, 1.54) is 29.2 Å². The van der Waals surface area contributed by atoms with Crippen molar-refractivity contribution in [3.05, 3.63) is 111 Å². The van der Waals surface area contributed by atoms with Crippen LogP contribution in [0.3, 0.4) is 0 Å². The van der Waals surface area contributed by atoms with E-state index in [0.717, 1.165) is 11.1 Å². The first-order valence-electron chi connectivity index (χ1n) is 9.97.